The first-order valence-electron chi connectivity index (χ1n) is 7.27. The molecule has 19 heavy (non-hydrogen) atoms. The third-order valence-electron chi connectivity index (χ3n) is 4.07. The van der Waals surface area contributed by atoms with Crippen LogP contribution in [-0.2, 0) is 0 Å². The van der Waals surface area contributed by atoms with E-state index < -0.39 is 24.3 Å². The van der Waals surface area contributed by atoms with E-state index in [1.54, 1.807) is 0 Å². The van der Waals surface area contributed by atoms with Gasteiger partial charge in [-0.25, -0.2) is 4.79 Å². The molecule has 0 aliphatic heterocycles. The third kappa shape index (κ3) is 5.37. The molecule has 5 nitrogen and oxygen atoms in total. The van der Waals surface area contributed by atoms with Crippen LogP contribution < -0.4 is 5.32 Å². The van der Waals surface area contributed by atoms with Gasteiger partial charge >= 0.3 is 6.09 Å². The fourth-order valence-corrected chi connectivity index (χ4v) is 2.86. The Morgan fingerprint density at radius 1 is 1.16 bits per heavy atom. The maximum Gasteiger partial charge on any atom is 0.404 e. The fourth-order valence-electron chi connectivity index (χ4n) is 2.86. The molecule has 1 aliphatic rings. The number of rotatable bonds is 6. The van der Waals surface area contributed by atoms with Crippen molar-refractivity contribution < 1.29 is 20.1 Å². The number of amides is 1. The summed E-state index contributed by atoms with van der Waals surface area (Å²) in [5, 5.41) is 31.3. The van der Waals surface area contributed by atoms with Gasteiger partial charge < -0.3 is 20.6 Å². The highest BCUT2D eigenvalue weighted by Crippen LogP contribution is 2.28. The Labute approximate surface area is 115 Å². The molecular formula is C14H27NO4. The van der Waals surface area contributed by atoms with Crippen molar-refractivity contribution in [1.82, 2.24) is 5.32 Å². The molecule has 0 aromatic carbocycles. The number of hydrogen-bond acceptors (Lipinski definition) is 3. The standard InChI is InChI=1S/C14H27NO4/c1-9(2)12(16)13(17)11(15-14(18)19)8-10-6-4-3-5-7-10/h9-13,15-17H,3-8H2,1-2H3,(H,18,19). The average Bonchev–Trinajstić information content (AvgIpc) is 2.36. The molecule has 5 heteroatoms. The number of carboxylic acid groups (broad SMARTS) is 1. The maximum absolute atomic E-state index is 10.8. The predicted octanol–water partition coefficient (Wildman–Crippen LogP) is 1.97. The second kappa shape index (κ2) is 7.70. The molecule has 0 aromatic heterocycles. The molecule has 3 atom stereocenters. The van der Waals surface area contributed by atoms with E-state index in [9.17, 15) is 15.0 Å². The summed E-state index contributed by atoms with van der Waals surface area (Å²) in [5.41, 5.74) is 0. The van der Waals surface area contributed by atoms with Crippen LogP contribution in [0.15, 0.2) is 0 Å². The van der Waals surface area contributed by atoms with Crippen LogP contribution in [0.2, 0.25) is 0 Å². The Morgan fingerprint density at radius 2 is 1.74 bits per heavy atom. The summed E-state index contributed by atoms with van der Waals surface area (Å²) in [7, 11) is 0. The zero-order chi connectivity index (χ0) is 14.4. The van der Waals surface area contributed by atoms with Crippen molar-refractivity contribution in [2.24, 2.45) is 11.8 Å². The van der Waals surface area contributed by atoms with Crippen LogP contribution in [0.3, 0.4) is 0 Å². The van der Waals surface area contributed by atoms with Gasteiger partial charge in [-0.15, -0.1) is 0 Å². The van der Waals surface area contributed by atoms with Gasteiger partial charge in [0.25, 0.3) is 0 Å². The molecule has 0 bridgehead atoms. The number of carbonyl (C=O) groups is 1. The van der Waals surface area contributed by atoms with Crippen LogP contribution in [0.5, 0.6) is 0 Å². The third-order valence-corrected chi connectivity index (χ3v) is 4.07. The molecule has 1 rings (SSSR count). The summed E-state index contributed by atoms with van der Waals surface area (Å²) in [6.07, 6.45) is 3.28. The highest BCUT2D eigenvalue weighted by Gasteiger charge is 2.31. The van der Waals surface area contributed by atoms with E-state index in [1.165, 1.54) is 19.3 Å². The van der Waals surface area contributed by atoms with Crippen LogP contribution in [0.1, 0.15) is 52.4 Å². The SMILES string of the molecule is CC(C)C(O)C(O)C(CC1CCCCC1)NC(=O)O. The minimum atomic E-state index is -1.14. The quantitative estimate of drug-likeness (QED) is 0.595. The Bertz CT molecular complexity index is 277. The minimum Gasteiger partial charge on any atom is -0.465 e. The van der Waals surface area contributed by atoms with E-state index in [2.05, 4.69) is 5.32 Å². The van der Waals surface area contributed by atoms with Gasteiger partial charge in [0, 0.05) is 0 Å². The van der Waals surface area contributed by atoms with Crippen LogP contribution >= 0.6 is 0 Å². The van der Waals surface area contributed by atoms with Crippen molar-refractivity contribution in [3.8, 4) is 0 Å². The van der Waals surface area contributed by atoms with Gasteiger partial charge in [0.2, 0.25) is 0 Å². The van der Waals surface area contributed by atoms with Gasteiger partial charge in [-0.2, -0.15) is 0 Å². The van der Waals surface area contributed by atoms with Crippen molar-refractivity contribution in [2.45, 2.75) is 70.6 Å². The zero-order valence-electron chi connectivity index (χ0n) is 11.9. The second-order valence-corrected chi connectivity index (χ2v) is 6.02. The Balaban J connectivity index is 2.61. The van der Waals surface area contributed by atoms with Gasteiger partial charge in [0.15, 0.2) is 0 Å². The van der Waals surface area contributed by atoms with Crippen LogP contribution in [0, 0.1) is 11.8 Å². The first kappa shape index (κ1) is 16.2. The topological polar surface area (TPSA) is 89.8 Å². The predicted molar refractivity (Wildman–Crippen MR) is 73.0 cm³/mol. The monoisotopic (exact) mass is 273 g/mol. The Morgan fingerprint density at radius 3 is 2.21 bits per heavy atom. The van der Waals surface area contributed by atoms with Gasteiger partial charge in [0.1, 0.15) is 6.10 Å². The number of hydrogen-bond donors (Lipinski definition) is 4. The highest BCUT2D eigenvalue weighted by molar-refractivity contribution is 5.64. The Hall–Kier alpha value is -0.810. The molecule has 1 aliphatic carbocycles. The van der Waals surface area contributed by atoms with Crippen LogP contribution in [0.25, 0.3) is 0 Å². The molecule has 3 unspecified atom stereocenters. The summed E-state index contributed by atoms with van der Waals surface area (Å²) in [6.45, 7) is 3.62. The molecule has 0 aromatic rings. The average molecular weight is 273 g/mol. The van der Waals surface area contributed by atoms with Gasteiger partial charge in [-0.05, 0) is 18.3 Å². The van der Waals surface area contributed by atoms with Crippen molar-refractivity contribution in [3.63, 3.8) is 0 Å². The largest absolute Gasteiger partial charge is 0.465 e. The summed E-state index contributed by atoms with van der Waals surface area (Å²) >= 11 is 0. The van der Waals surface area contributed by atoms with Crippen molar-refractivity contribution in [3.05, 3.63) is 0 Å². The summed E-state index contributed by atoms with van der Waals surface area (Å²) in [6, 6.07) is -0.585. The first-order chi connectivity index (χ1) is 8.91. The normalized spacial score (nSPS) is 21.9. The van der Waals surface area contributed by atoms with E-state index in [1.807, 2.05) is 13.8 Å². The summed E-state index contributed by atoms with van der Waals surface area (Å²) in [4.78, 5) is 10.8. The molecule has 0 radical (unpaired) electrons. The van der Waals surface area contributed by atoms with Crippen molar-refractivity contribution >= 4 is 6.09 Å². The zero-order valence-corrected chi connectivity index (χ0v) is 11.9. The highest BCUT2D eigenvalue weighted by atomic mass is 16.4. The lowest BCUT2D eigenvalue weighted by Gasteiger charge is -2.32. The van der Waals surface area contributed by atoms with Gasteiger partial charge in [0.05, 0.1) is 12.1 Å². The lowest BCUT2D eigenvalue weighted by molar-refractivity contribution is -0.0320. The number of aliphatic hydroxyl groups is 2. The molecule has 1 amide bonds. The second-order valence-electron chi connectivity index (χ2n) is 6.02. The van der Waals surface area contributed by atoms with Crippen molar-refractivity contribution in [1.29, 1.82) is 0 Å². The van der Waals surface area contributed by atoms with E-state index in [-0.39, 0.29) is 5.92 Å². The van der Waals surface area contributed by atoms with Crippen LogP contribution in [0.4, 0.5) is 4.79 Å². The minimum absolute atomic E-state index is 0.0977. The van der Waals surface area contributed by atoms with Crippen LogP contribution in [-0.4, -0.2) is 39.7 Å². The molecule has 1 saturated carbocycles. The van der Waals surface area contributed by atoms with E-state index in [4.69, 9.17) is 5.11 Å². The Kier molecular flexibility index (Phi) is 6.58. The molecule has 112 valence electrons. The maximum atomic E-state index is 10.8. The van der Waals surface area contributed by atoms with E-state index in [0.717, 1.165) is 12.8 Å². The molecule has 0 heterocycles. The van der Waals surface area contributed by atoms with E-state index >= 15 is 0 Å². The molecule has 0 spiro atoms. The molecule has 1 fully saturated rings. The lowest BCUT2D eigenvalue weighted by atomic mass is 9.82. The summed E-state index contributed by atoms with van der Waals surface area (Å²) < 4.78 is 0. The van der Waals surface area contributed by atoms with E-state index in [0.29, 0.717) is 12.3 Å². The van der Waals surface area contributed by atoms with Gasteiger partial charge in [-0.1, -0.05) is 46.0 Å². The first-order valence-corrected chi connectivity index (χ1v) is 7.27. The van der Waals surface area contributed by atoms with Gasteiger partial charge in [-0.3, -0.25) is 0 Å². The summed E-state index contributed by atoms with van der Waals surface area (Å²) in [5.74, 6) is 0.346. The van der Waals surface area contributed by atoms with Crippen molar-refractivity contribution in [2.75, 3.05) is 0 Å². The lowest BCUT2D eigenvalue weighted by Crippen LogP contribution is -2.50. The molecule has 4 N–H and O–H groups in total. The smallest absolute Gasteiger partial charge is 0.404 e. The fraction of sp³-hybridized carbons (Fsp3) is 0.929. The molecular weight excluding hydrogens is 246 g/mol. The number of nitrogens with one attached hydrogen (secondary N) is 1. The molecule has 0 saturated heterocycles. The number of aliphatic hydroxyl groups excluding tert-OH is 2.